The maximum atomic E-state index is 11.1. The molecule has 1 heterocycles. The van der Waals surface area contributed by atoms with Crippen LogP contribution in [-0.4, -0.2) is 28.4 Å². The Morgan fingerprint density at radius 2 is 2.00 bits per heavy atom. The Hall–Kier alpha value is -1.07. The SMILES string of the molecule is CCc1cc(OCC(O)(CC)CC)c(C(=O)O)s1. The standard InChI is InChI=1S/C13H20O4S/c1-4-9-7-10(11(18-9)12(14)15)17-8-13(16,5-2)6-3/h7,16H,4-6,8H2,1-3H3,(H,14,15). The third-order valence-corrected chi connectivity index (χ3v) is 4.35. The summed E-state index contributed by atoms with van der Waals surface area (Å²) >= 11 is 1.23. The van der Waals surface area contributed by atoms with E-state index in [1.807, 2.05) is 20.8 Å². The van der Waals surface area contributed by atoms with Gasteiger partial charge >= 0.3 is 5.97 Å². The molecule has 0 spiro atoms. The zero-order valence-corrected chi connectivity index (χ0v) is 11.8. The highest BCUT2D eigenvalue weighted by molar-refractivity contribution is 7.14. The van der Waals surface area contributed by atoms with Crippen LogP contribution in [0.1, 0.15) is 48.2 Å². The number of aryl methyl sites for hydroxylation is 1. The molecule has 0 aliphatic rings. The van der Waals surface area contributed by atoms with Gasteiger partial charge in [-0.25, -0.2) is 4.79 Å². The predicted octanol–water partition coefficient (Wildman–Crippen LogP) is 2.94. The number of aliphatic hydroxyl groups is 1. The maximum absolute atomic E-state index is 11.1. The molecule has 0 saturated heterocycles. The lowest BCUT2D eigenvalue weighted by atomic mass is 9.99. The first-order valence-corrected chi connectivity index (χ1v) is 6.98. The Bertz CT molecular complexity index is 407. The molecule has 0 fully saturated rings. The highest BCUT2D eigenvalue weighted by Gasteiger charge is 2.25. The number of hydrogen-bond acceptors (Lipinski definition) is 4. The van der Waals surface area contributed by atoms with Crippen molar-refractivity contribution in [1.29, 1.82) is 0 Å². The van der Waals surface area contributed by atoms with Gasteiger partial charge in [0.2, 0.25) is 0 Å². The van der Waals surface area contributed by atoms with Gasteiger partial charge in [0.15, 0.2) is 4.88 Å². The smallest absolute Gasteiger partial charge is 0.349 e. The van der Waals surface area contributed by atoms with E-state index in [4.69, 9.17) is 9.84 Å². The third-order valence-electron chi connectivity index (χ3n) is 3.10. The summed E-state index contributed by atoms with van der Waals surface area (Å²) in [5, 5.41) is 19.2. The molecule has 0 unspecified atom stereocenters. The summed E-state index contributed by atoms with van der Waals surface area (Å²) in [7, 11) is 0. The number of carbonyl (C=O) groups is 1. The number of carboxylic acids is 1. The molecule has 0 aliphatic carbocycles. The minimum absolute atomic E-state index is 0.125. The van der Waals surface area contributed by atoms with E-state index in [1.165, 1.54) is 11.3 Å². The van der Waals surface area contributed by atoms with Gasteiger partial charge in [-0.3, -0.25) is 0 Å². The third kappa shape index (κ3) is 3.46. The summed E-state index contributed by atoms with van der Waals surface area (Å²) in [6, 6.07) is 1.75. The van der Waals surface area contributed by atoms with Gasteiger partial charge in [-0.1, -0.05) is 20.8 Å². The van der Waals surface area contributed by atoms with Crippen LogP contribution >= 0.6 is 11.3 Å². The largest absolute Gasteiger partial charge is 0.489 e. The Morgan fingerprint density at radius 1 is 1.39 bits per heavy atom. The molecule has 0 aliphatic heterocycles. The van der Waals surface area contributed by atoms with Gasteiger partial charge in [0, 0.05) is 4.88 Å². The number of rotatable bonds is 7. The van der Waals surface area contributed by atoms with E-state index in [-0.39, 0.29) is 11.5 Å². The molecule has 5 heteroatoms. The Morgan fingerprint density at radius 3 is 2.44 bits per heavy atom. The quantitative estimate of drug-likeness (QED) is 0.801. The predicted molar refractivity (Wildman–Crippen MR) is 71.7 cm³/mol. The lowest BCUT2D eigenvalue weighted by Crippen LogP contribution is -2.34. The van der Waals surface area contributed by atoms with E-state index < -0.39 is 11.6 Å². The van der Waals surface area contributed by atoms with Crippen LogP contribution in [0.5, 0.6) is 5.75 Å². The first-order valence-electron chi connectivity index (χ1n) is 6.17. The zero-order valence-electron chi connectivity index (χ0n) is 11.0. The van der Waals surface area contributed by atoms with Crippen molar-refractivity contribution in [2.45, 2.75) is 45.6 Å². The van der Waals surface area contributed by atoms with Crippen LogP contribution in [0, 0.1) is 0 Å². The topological polar surface area (TPSA) is 66.8 Å². The van der Waals surface area contributed by atoms with Crippen LogP contribution in [0.2, 0.25) is 0 Å². The molecular formula is C13H20O4S. The summed E-state index contributed by atoms with van der Waals surface area (Å²) in [5.74, 6) is -0.615. The van der Waals surface area contributed by atoms with Crippen LogP contribution < -0.4 is 4.74 Å². The van der Waals surface area contributed by atoms with Crippen LogP contribution in [0.3, 0.4) is 0 Å². The Balaban J connectivity index is 2.83. The van der Waals surface area contributed by atoms with Crippen LogP contribution in [0.4, 0.5) is 0 Å². The van der Waals surface area contributed by atoms with E-state index in [0.29, 0.717) is 18.6 Å². The molecule has 1 aromatic heterocycles. The molecule has 0 amide bonds. The van der Waals surface area contributed by atoms with Gasteiger partial charge < -0.3 is 14.9 Å². The van der Waals surface area contributed by atoms with E-state index in [0.717, 1.165) is 11.3 Å². The van der Waals surface area contributed by atoms with Gasteiger partial charge in [0.05, 0.1) is 5.60 Å². The molecule has 0 atom stereocenters. The van der Waals surface area contributed by atoms with Crippen molar-refractivity contribution in [3.8, 4) is 5.75 Å². The lowest BCUT2D eigenvalue weighted by molar-refractivity contribution is -0.0116. The second-order valence-electron chi connectivity index (χ2n) is 4.28. The van der Waals surface area contributed by atoms with Gasteiger partial charge in [-0.2, -0.15) is 0 Å². The average molecular weight is 272 g/mol. The molecule has 18 heavy (non-hydrogen) atoms. The second-order valence-corrected chi connectivity index (χ2v) is 5.42. The van der Waals surface area contributed by atoms with Crippen molar-refractivity contribution in [2.24, 2.45) is 0 Å². The van der Waals surface area contributed by atoms with Crippen LogP contribution in [0.25, 0.3) is 0 Å². The van der Waals surface area contributed by atoms with Crippen LogP contribution in [-0.2, 0) is 6.42 Å². The van der Waals surface area contributed by atoms with E-state index >= 15 is 0 Å². The number of hydrogen-bond donors (Lipinski definition) is 2. The van der Waals surface area contributed by atoms with Gasteiger partial charge in [-0.15, -0.1) is 11.3 Å². The molecule has 0 aromatic carbocycles. The monoisotopic (exact) mass is 272 g/mol. The molecule has 0 saturated carbocycles. The molecule has 4 nitrogen and oxygen atoms in total. The summed E-state index contributed by atoms with van der Waals surface area (Å²) in [6.07, 6.45) is 1.94. The van der Waals surface area contributed by atoms with Crippen molar-refractivity contribution in [3.05, 3.63) is 15.8 Å². The number of carboxylic acid groups (broad SMARTS) is 1. The van der Waals surface area contributed by atoms with E-state index in [2.05, 4.69) is 0 Å². The fourth-order valence-electron chi connectivity index (χ4n) is 1.52. The fourth-order valence-corrected chi connectivity index (χ4v) is 2.40. The van der Waals surface area contributed by atoms with Gasteiger partial charge in [0.25, 0.3) is 0 Å². The molecule has 0 bridgehead atoms. The van der Waals surface area contributed by atoms with Gasteiger partial charge in [0.1, 0.15) is 12.4 Å². The number of ether oxygens (including phenoxy) is 1. The second kappa shape index (κ2) is 6.20. The maximum Gasteiger partial charge on any atom is 0.349 e. The molecule has 102 valence electrons. The zero-order chi connectivity index (χ0) is 13.8. The molecule has 1 aromatic rings. The van der Waals surface area contributed by atoms with Crippen molar-refractivity contribution in [2.75, 3.05) is 6.61 Å². The van der Waals surface area contributed by atoms with E-state index in [9.17, 15) is 9.90 Å². The molecule has 0 radical (unpaired) electrons. The highest BCUT2D eigenvalue weighted by atomic mass is 32.1. The average Bonchev–Trinajstić information content (AvgIpc) is 2.79. The molecule has 2 N–H and O–H groups in total. The summed E-state index contributed by atoms with van der Waals surface area (Å²) in [5.41, 5.74) is -0.885. The van der Waals surface area contributed by atoms with Crippen molar-refractivity contribution in [3.63, 3.8) is 0 Å². The normalized spacial score (nSPS) is 11.6. The lowest BCUT2D eigenvalue weighted by Gasteiger charge is -2.24. The van der Waals surface area contributed by atoms with E-state index in [1.54, 1.807) is 6.07 Å². The van der Waals surface area contributed by atoms with Crippen molar-refractivity contribution >= 4 is 17.3 Å². The Kier molecular flexibility index (Phi) is 5.16. The first kappa shape index (κ1) is 15.0. The van der Waals surface area contributed by atoms with Crippen molar-refractivity contribution in [1.82, 2.24) is 0 Å². The van der Waals surface area contributed by atoms with Crippen LogP contribution in [0.15, 0.2) is 6.07 Å². The number of thiophene rings is 1. The first-order chi connectivity index (χ1) is 8.45. The molecule has 1 rings (SSSR count). The highest BCUT2D eigenvalue weighted by Crippen LogP contribution is 2.31. The number of aromatic carboxylic acids is 1. The minimum atomic E-state index is -0.980. The Labute approximate surface area is 111 Å². The summed E-state index contributed by atoms with van der Waals surface area (Å²) in [6.45, 7) is 5.86. The summed E-state index contributed by atoms with van der Waals surface area (Å²) in [4.78, 5) is 12.3. The minimum Gasteiger partial charge on any atom is -0.489 e. The van der Waals surface area contributed by atoms with Gasteiger partial charge in [-0.05, 0) is 25.3 Å². The molecular weight excluding hydrogens is 252 g/mol. The van der Waals surface area contributed by atoms with Crippen molar-refractivity contribution < 1.29 is 19.7 Å². The fraction of sp³-hybridized carbons (Fsp3) is 0.615. The summed E-state index contributed by atoms with van der Waals surface area (Å²) < 4.78 is 5.51.